The highest BCUT2D eigenvalue weighted by Crippen LogP contribution is 2.65. The lowest BCUT2D eigenvalue weighted by Crippen LogP contribution is -2.39. The second-order valence-electron chi connectivity index (χ2n) is 7.52. The number of hydrogen-bond donors (Lipinski definition) is 2. The summed E-state index contributed by atoms with van der Waals surface area (Å²) >= 11 is 0. The van der Waals surface area contributed by atoms with Crippen LogP contribution in [0.1, 0.15) is 35.2 Å². The fourth-order valence-electron chi connectivity index (χ4n) is 5.02. The third-order valence-electron chi connectivity index (χ3n) is 6.13. The molecule has 4 atom stereocenters. The average molecular weight is 343 g/mol. The van der Waals surface area contributed by atoms with Crippen LogP contribution in [-0.2, 0) is 4.79 Å². The molecule has 0 saturated heterocycles. The van der Waals surface area contributed by atoms with Crippen molar-refractivity contribution in [1.82, 2.24) is 10.6 Å². The number of amides is 2. The van der Waals surface area contributed by atoms with Gasteiger partial charge in [-0.25, -0.2) is 0 Å². The number of nitrogens with one attached hydrogen (secondary N) is 2. The van der Waals surface area contributed by atoms with Gasteiger partial charge in [0, 0.05) is 23.2 Å². The molecule has 1 aromatic carbocycles. The lowest BCUT2D eigenvalue weighted by atomic mass is 10.0. The maximum Gasteiger partial charge on any atom is 0.272 e. The summed E-state index contributed by atoms with van der Waals surface area (Å²) in [5.74, 6) is 2.34. The summed E-state index contributed by atoms with van der Waals surface area (Å²) in [6.07, 6.45) is 3.93. The lowest BCUT2D eigenvalue weighted by molar-refractivity contribution is -0.385. The van der Waals surface area contributed by atoms with Gasteiger partial charge in [0.2, 0.25) is 5.91 Å². The molecule has 2 amide bonds. The standard InChI is InChI=1S/C18H21N3O4/c1-9-6-12(4-5-13(9)21(24)25)18(23)19-8-14(22)20-17-15-10-2-3-11(7-10)16(15)17/h4-6,10-11,15-17H,2-3,7-8H2,1H3,(H,19,23)(H,20,22)/t10-,11-,15-,16-/m0/s1. The van der Waals surface area contributed by atoms with Crippen LogP contribution >= 0.6 is 0 Å². The van der Waals surface area contributed by atoms with Crippen LogP contribution < -0.4 is 10.6 Å². The molecule has 3 fully saturated rings. The van der Waals surface area contributed by atoms with E-state index in [0.717, 1.165) is 11.8 Å². The summed E-state index contributed by atoms with van der Waals surface area (Å²) in [6, 6.07) is 4.48. The van der Waals surface area contributed by atoms with Crippen LogP contribution in [0, 0.1) is 40.7 Å². The van der Waals surface area contributed by atoms with Crippen LogP contribution in [0.5, 0.6) is 0 Å². The average Bonchev–Trinajstić information content (AvgIpc) is 2.95. The smallest absolute Gasteiger partial charge is 0.272 e. The van der Waals surface area contributed by atoms with E-state index in [1.807, 2.05) is 0 Å². The van der Waals surface area contributed by atoms with Crippen LogP contribution in [0.3, 0.4) is 0 Å². The Bertz CT molecular complexity index is 747. The van der Waals surface area contributed by atoms with Crippen molar-refractivity contribution >= 4 is 17.5 Å². The highest BCUT2D eigenvalue weighted by molar-refractivity contribution is 5.97. The fraction of sp³-hybridized carbons (Fsp3) is 0.556. The fourth-order valence-corrected chi connectivity index (χ4v) is 5.02. The van der Waals surface area contributed by atoms with E-state index in [-0.39, 0.29) is 18.1 Å². The Morgan fingerprint density at radius 3 is 2.52 bits per heavy atom. The van der Waals surface area contributed by atoms with Gasteiger partial charge in [-0.05, 0) is 62.0 Å². The van der Waals surface area contributed by atoms with Gasteiger partial charge in [0.25, 0.3) is 11.6 Å². The molecule has 0 unspecified atom stereocenters. The van der Waals surface area contributed by atoms with Crippen molar-refractivity contribution in [2.24, 2.45) is 23.7 Å². The second kappa shape index (κ2) is 5.82. The Morgan fingerprint density at radius 2 is 1.92 bits per heavy atom. The predicted octanol–water partition coefficient (Wildman–Crippen LogP) is 1.79. The second-order valence-corrected chi connectivity index (χ2v) is 7.52. The van der Waals surface area contributed by atoms with E-state index in [9.17, 15) is 19.7 Å². The molecule has 0 spiro atoms. The predicted molar refractivity (Wildman–Crippen MR) is 89.9 cm³/mol. The first-order valence-corrected chi connectivity index (χ1v) is 8.78. The maximum absolute atomic E-state index is 12.1. The quantitative estimate of drug-likeness (QED) is 0.628. The van der Waals surface area contributed by atoms with Gasteiger partial charge in [-0.1, -0.05) is 0 Å². The minimum Gasteiger partial charge on any atom is -0.351 e. The summed E-state index contributed by atoms with van der Waals surface area (Å²) in [6.45, 7) is 1.52. The SMILES string of the molecule is Cc1cc(C(=O)NCC(=O)NC2[C@H]3[C@H]4CC[C@@H](C4)[C@H]23)ccc1[N+](=O)[O-]. The molecule has 3 saturated carbocycles. The summed E-state index contributed by atoms with van der Waals surface area (Å²) in [4.78, 5) is 34.6. The topological polar surface area (TPSA) is 101 Å². The van der Waals surface area contributed by atoms with Gasteiger partial charge < -0.3 is 10.6 Å². The molecule has 25 heavy (non-hydrogen) atoms. The van der Waals surface area contributed by atoms with Crippen molar-refractivity contribution in [2.75, 3.05) is 6.54 Å². The van der Waals surface area contributed by atoms with Crippen molar-refractivity contribution in [3.8, 4) is 0 Å². The largest absolute Gasteiger partial charge is 0.351 e. The Labute approximate surface area is 145 Å². The number of nitrogens with zero attached hydrogens (tertiary/aromatic N) is 1. The monoisotopic (exact) mass is 343 g/mol. The number of aryl methyl sites for hydroxylation is 1. The first kappa shape index (κ1) is 16.1. The molecular formula is C18H21N3O4. The highest BCUT2D eigenvalue weighted by Gasteiger charge is 2.65. The van der Waals surface area contributed by atoms with Crippen LogP contribution in [0.25, 0.3) is 0 Å². The first-order chi connectivity index (χ1) is 12.0. The number of rotatable bonds is 5. The summed E-state index contributed by atoms with van der Waals surface area (Å²) in [5, 5.41) is 16.5. The van der Waals surface area contributed by atoms with Gasteiger partial charge in [-0.2, -0.15) is 0 Å². The molecule has 0 heterocycles. The third-order valence-corrected chi connectivity index (χ3v) is 6.13. The molecule has 4 rings (SSSR count). The van der Waals surface area contributed by atoms with E-state index >= 15 is 0 Å². The van der Waals surface area contributed by atoms with Crippen LogP contribution in [0.15, 0.2) is 18.2 Å². The molecule has 1 aromatic rings. The van der Waals surface area contributed by atoms with Crippen LogP contribution in [-0.4, -0.2) is 29.3 Å². The Morgan fingerprint density at radius 1 is 1.24 bits per heavy atom. The van der Waals surface area contributed by atoms with Crippen molar-refractivity contribution in [2.45, 2.75) is 32.2 Å². The van der Waals surface area contributed by atoms with Crippen molar-refractivity contribution in [3.63, 3.8) is 0 Å². The van der Waals surface area contributed by atoms with Gasteiger partial charge in [-0.3, -0.25) is 19.7 Å². The number of nitro benzene ring substituents is 1. The van der Waals surface area contributed by atoms with E-state index in [2.05, 4.69) is 10.6 Å². The molecule has 0 aromatic heterocycles. The number of nitro groups is 1. The Kier molecular flexibility index (Phi) is 3.74. The van der Waals surface area contributed by atoms with Gasteiger partial charge in [0.1, 0.15) is 0 Å². The summed E-state index contributed by atoms with van der Waals surface area (Å²) in [5.41, 5.74) is 0.713. The Hall–Kier alpha value is -2.44. The molecule has 0 aliphatic heterocycles. The van der Waals surface area contributed by atoms with Crippen molar-refractivity contribution in [1.29, 1.82) is 0 Å². The van der Waals surface area contributed by atoms with E-state index in [1.165, 1.54) is 37.5 Å². The zero-order valence-electron chi connectivity index (χ0n) is 14.0. The summed E-state index contributed by atoms with van der Waals surface area (Å²) in [7, 11) is 0. The van der Waals surface area contributed by atoms with Crippen molar-refractivity contribution < 1.29 is 14.5 Å². The lowest BCUT2D eigenvalue weighted by Gasteiger charge is -2.11. The van der Waals surface area contributed by atoms with E-state index in [0.29, 0.717) is 29.0 Å². The van der Waals surface area contributed by atoms with E-state index in [4.69, 9.17) is 0 Å². The van der Waals surface area contributed by atoms with E-state index in [1.54, 1.807) is 6.92 Å². The molecule has 3 aliphatic rings. The van der Waals surface area contributed by atoms with Gasteiger partial charge in [-0.15, -0.1) is 0 Å². The van der Waals surface area contributed by atoms with Crippen LogP contribution in [0.2, 0.25) is 0 Å². The molecule has 3 aliphatic carbocycles. The van der Waals surface area contributed by atoms with Gasteiger partial charge in [0.15, 0.2) is 0 Å². The first-order valence-electron chi connectivity index (χ1n) is 8.78. The molecule has 2 N–H and O–H groups in total. The number of carbonyl (C=O) groups is 2. The molecule has 0 radical (unpaired) electrons. The number of fused-ring (bicyclic) bond motifs is 5. The van der Waals surface area contributed by atoms with Crippen LogP contribution in [0.4, 0.5) is 5.69 Å². The number of hydrogen-bond acceptors (Lipinski definition) is 4. The third kappa shape index (κ3) is 2.77. The normalized spacial score (nSPS) is 31.3. The molecule has 132 valence electrons. The zero-order valence-corrected chi connectivity index (χ0v) is 14.0. The molecule has 7 heteroatoms. The Balaban J connectivity index is 1.28. The number of carbonyl (C=O) groups excluding carboxylic acids is 2. The minimum atomic E-state index is -0.482. The van der Waals surface area contributed by atoms with Gasteiger partial charge in [0.05, 0.1) is 11.5 Å². The zero-order chi connectivity index (χ0) is 17.7. The molecule has 2 bridgehead atoms. The molecule has 7 nitrogen and oxygen atoms in total. The maximum atomic E-state index is 12.1. The highest BCUT2D eigenvalue weighted by atomic mass is 16.6. The number of benzene rings is 1. The summed E-state index contributed by atoms with van der Waals surface area (Å²) < 4.78 is 0. The molecular weight excluding hydrogens is 322 g/mol. The van der Waals surface area contributed by atoms with E-state index < -0.39 is 10.8 Å². The van der Waals surface area contributed by atoms with Crippen molar-refractivity contribution in [3.05, 3.63) is 39.4 Å². The minimum absolute atomic E-state index is 0.0239. The van der Waals surface area contributed by atoms with Gasteiger partial charge >= 0.3 is 0 Å².